The predicted molar refractivity (Wildman–Crippen MR) is 60.6 cm³/mol. The number of carbonyl (C=O) groups is 1. The van der Waals surface area contributed by atoms with E-state index in [2.05, 4.69) is 0 Å². The Balaban J connectivity index is 2.55. The summed E-state index contributed by atoms with van der Waals surface area (Å²) < 4.78 is 1.68. The van der Waals surface area contributed by atoms with Gasteiger partial charge in [-0.2, -0.15) is 0 Å². The van der Waals surface area contributed by atoms with Gasteiger partial charge in [0.25, 0.3) is 0 Å². The number of rotatable bonds is 3. The van der Waals surface area contributed by atoms with Crippen molar-refractivity contribution in [3.05, 3.63) is 40.7 Å². The van der Waals surface area contributed by atoms with E-state index in [0.29, 0.717) is 16.5 Å². The van der Waals surface area contributed by atoms with Crippen LogP contribution in [0.1, 0.15) is 15.9 Å². The van der Waals surface area contributed by atoms with Gasteiger partial charge in [0.05, 0.1) is 5.56 Å². The zero-order valence-electron chi connectivity index (χ0n) is 9.12. The summed E-state index contributed by atoms with van der Waals surface area (Å²) in [4.78, 5) is 11.0. The topological polar surface area (TPSA) is 88.8 Å². The molecular weight excluding hydrogens is 224 g/mol. The maximum absolute atomic E-state index is 11.0. The monoisotopic (exact) mass is 235 g/mol. The lowest BCUT2D eigenvalue weighted by atomic mass is 10.1. The predicted octanol–water partition coefficient (Wildman–Crippen LogP) is 1.57. The molecule has 0 saturated heterocycles. The van der Waals surface area contributed by atoms with Crippen molar-refractivity contribution in [1.82, 2.24) is 9.79 Å². The smallest absolute Gasteiger partial charge is 0.337 e. The number of nitrogens with zero attached hydrogens (tertiary/aromatic N) is 2. The third-order valence-corrected chi connectivity index (χ3v) is 2.60. The molecule has 17 heavy (non-hydrogen) atoms. The highest BCUT2D eigenvalue weighted by molar-refractivity contribution is 6.03. The van der Waals surface area contributed by atoms with Crippen LogP contribution in [0.4, 0.5) is 0 Å². The SMILES string of the molecule is Cn1cc(C(=O)O)c2ccc(CN([O-])O)cc21. The lowest BCUT2D eigenvalue weighted by Crippen LogP contribution is -2.09. The van der Waals surface area contributed by atoms with Crippen molar-refractivity contribution in [3.63, 3.8) is 0 Å². The van der Waals surface area contributed by atoms with Crippen LogP contribution in [-0.4, -0.2) is 26.1 Å². The van der Waals surface area contributed by atoms with Crippen LogP contribution in [-0.2, 0) is 13.6 Å². The molecular formula is C11H11N2O4-. The Kier molecular flexibility index (Phi) is 2.84. The number of benzene rings is 1. The van der Waals surface area contributed by atoms with E-state index in [1.807, 2.05) is 0 Å². The lowest BCUT2D eigenvalue weighted by molar-refractivity contribution is -0.0487. The number of fused-ring (bicyclic) bond motifs is 1. The van der Waals surface area contributed by atoms with Gasteiger partial charge in [0.15, 0.2) is 0 Å². The minimum absolute atomic E-state index is 0.149. The summed E-state index contributed by atoms with van der Waals surface area (Å²) in [5.74, 6) is -0.990. The quantitative estimate of drug-likeness (QED) is 0.788. The number of carboxylic acids is 1. The van der Waals surface area contributed by atoms with Gasteiger partial charge < -0.3 is 20.1 Å². The molecule has 1 aromatic heterocycles. The molecule has 2 aromatic rings. The summed E-state index contributed by atoms with van der Waals surface area (Å²) in [6.07, 6.45) is 1.52. The number of aryl methyl sites for hydroxylation is 1. The Morgan fingerprint density at radius 2 is 2.24 bits per heavy atom. The van der Waals surface area contributed by atoms with E-state index in [0.717, 1.165) is 0 Å². The third kappa shape index (κ3) is 2.14. The molecule has 0 radical (unpaired) electrons. The molecule has 0 saturated carbocycles. The van der Waals surface area contributed by atoms with Gasteiger partial charge in [-0.05, 0) is 11.6 Å². The van der Waals surface area contributed by atoms with Gasteiger partial charge in [-0.1, -0.05) is 12.1 Å². The summed E-state index contributed by atoms with van der Waals surface area (Å²) in [5, 5.41) is 28.6. The minimum atomic E-state index is -0.990. The van der Waals surface area contributed by atoms with Crippen LogP contribution in [0.15, 0.2) is 24.4 Å². The highest BCUT2D eigenvalue weighted by Crippen LogP contribution is 2.22. The minimum Gasteiger partial charge on any atom is -0.762 e. The fourth-order valence-electron chi connectivity index (χ4n) is 1.85. The molecule has 0 aliphatic heterocycles. The average molecular weight is 235 g/mol. The maximum atomic E-state index is 11.0. The Morgan fingerprint density at radius 3 is 2.82 bits per heavy atom. The van der Waals surface area contributed by atoms with Crippen molar-refractivity contribution < 1.29 is 15.1 Å². The molecule has 0 aliphatic carbocycles. The van der Waals surface area contributed by atoms with Crippen LogP contribution < -0.4 is 0 Å². The first-order valence-electron chi connectivity index (χ1n) is 4.94. The molecule has 0 atom stereocenters. The summed E-state index contributed by atoms with van der Waals surface area (Å²) in [6.45, 7) is -0.149. The molecule has 0 unspecified atom stereocenters. The molecule has 2 rings (SSSR count). The second-order valence-electron chi connectivity index (χ2n) is 3.82. The van der Waals surface area contributed by atoms with Crippen LogP contribution in [0.2, 0.25) is 0 Å². The molecule has 0 fully saturated rings. The van der Waals surface area contributed by atoms with Gasteiger partial charge in [0.1, 0.15) is 0 Å². The first-order valence-corrected chi connectivity index (χ1v) is 4.94. The molecule has 0 amide bonds. The second kappa shape index (κ2) is 4.17. The van der Waals surface area contributed by atoms with Crippen LogP contribution >= 0.6 is 0 Å². The molecule has 2 N–H and O–H groups in total. The zero-order chi connectivity index (χ0) is 12.6. The first-order chi connectivity index (χ1) is 7.99. The molecule has 1 heterocycles. The number of aromatic nitrogens is 1. The van der Waals surface area contributed by atoms with E-state index in [1.165, 1.54) is 6.20 Å². The maximum Gasteiger partial charge on any atom is 0.337 e. The van der Waals surface area contributed by atoms with Gasteiger partial charge in [0.2, 0.25) is 0 Å². The molecule has 1 aromatic carbocycles. The fraction of sp³-hybridized carbons (Fsp3) is 0.182. The summed E-state index contributed by atoms with van der Waals surface area (Å²) >= 11 is 0. The van der Waals surface area contributed by atoms with E-state index in [4.69, 9.17) is 10.3 Å². The number of hydrogen-bond donors (Lipinski definition) is 2. The Hall–Kier alpha value is -1.89. The van der Waals surface area contributed by atoms with Crippen molar-refractivity contribution >= 4 is 16.9 Å². The van der Waals surface area contributed by atoms with Crippen molar-refractivity contribution in [2.45, 2.75) is 6.54 Å². The van der Waals surface area contributed by atoms with Crippen molar-refractivity contribution in [1.29, 1.82) is 0 Å². The first kappa shape index (κ1) is 11.6. The summed E-state index contributed by atoms with van der Waals surface area (Å²) in [6, 6.07) is 4.94. The average Bonchev–Trinajstić information content (AvgIpc) is 2.55. The van der Waals surface area contributed by atoms with Gasteiger partial charge in [-0.25, -0.2) is 4.79 Å². The van der Waals surface area contributed by atoms with Gasteiger partial charge in [-0.3, -0.25) is 5.23 Å². The van der Waals surface area contributed by atoms with Gasteiger partial charge in [0, 0.05) is 30.7 Å². The van der Waals surface area contributed by atoms with Crippen LogP contribution in [0, 0.1) is 5.21 Å². The molecule has 90 valence electrons. The molecule has 6 heteroatoms. The van der Waals surface area contributed by atoms with E-state index in [-0.39, 0.29) is 17.3 Å². The van der Waals surface area contributed by atoms with Crippen molar-refractivity contribution in [2.75, 3.05) is 0 Å². The highest BCUT2D eigenvalue weighted by Gasteiger charge is 2.12. The van der Waals surface area contributed by atoms with Crippen molar-refractivity contribution in [3.8, 4) is 0 Å². The number of hydrogen-bond acceptors (Lipinski definition) is 4. The van der Waals surface area contributed by atoms with Gasteiger partial charge >= 0.3 is 5.97 Å². The molecule has 0 bridgehead atoms. The highest BCUT2D eigenvalue weighted by atomic mass is 16.8. The van der Waals surface area contributed by atoms with Gasteiger partial charge in [-0.15, -0.1) is 0 Å². The largest absolute Gasteiger partial charge is 0.762 e. The summed E-state index contributed by atoms with van der Waals surface area (Å²) in [7, 11) is 1.73. The molecule has 6 nitrogen and oxygen atoms in total. The third-order valence-electron chi connectivity index (χ3n) is 2.60. The Bertz CT molecular complexity index is 574. The van der Waals surface area contributed by atoms with Crippen LogP contribution in [0.5, 0.6) is 0 Å². The zero-order valence-corrected chi connectivity index (χ0v) is 9.12. The summed E-state index contributed by atoms with van der Waals surface area (Å²) in [5.41, 5.74) is 1.55. The van der Waals surface area contributed by atoms with E-state index >= 15 is 0 Å². The van der Waals surface area contributed by atoms with E-state index in [1.54, 1.807) is 29.8 Å². The number of carboxylic acid groups (broad SMARTS) is 1. The van der Waals surface area contributed by atoms with Crippen LogP contribution in [0.3, 0.4) is 0 Å². The number of hydroxylamine groups is 2. The Morgan fingerprint density at radius 1 is 1.53 bits per heavy atom. The lowest BCUT2D eigenvalue weighted by Gasteiger charge is -2.19. The Labute approximate surface area is 96.8 Å². The molecule has 0 aliphatic rings. The number of aromatic carboxylic acids is 1. The van der Waals surface area contributed by atoms with E-state index < -0.39 is 5.97 Å². The normalized spacial score (nSPS) is 11.3. The standard InChI is InChI=1S/C11H11N2O4/c1-12-6-9(11(14)15)8-3-2-7(4-10(8)12)5-13(16)17/h2-4,6,16H,5H2,1H3,(H,14,15)/q-1. The fourth-order valence-corrected chi connectivity index (χ4v) is 1.85. The van der Waals surface area contributed by atoms with E-state index in [9.17, 15) is 10.0 Å². The van der Waals surface area contributed by atoms with Crippen LogP contribution in [0.25, 0.3) is 10.9 Å². The molecule has 0 spiro atoms. The van der Waals surface area contributed by atoms with Crippen molar-refractivity contribution in [2.24, 2.45) is 7.05 Å². The second-order valence-corrected chi connectivity index (χ2v) is 3.82.